The van der Waals surface area contributed by atoms with Crippen molar-refractivity contribution in [2.45, 2.75) is 24.9 Å². The maximum Gasteiger partial charge on any atom is 0.257 e. The molecule has 0 aromatic heterocycles. The molecule has 2 aromatic rings. The van der Waals surface area contributed by atoms with Gasteiger partial charge in [0.05, 0.1) is 24.9 Å². The number of hydrogen-bond donors (Lipinski definition) is 1. The fourth-order valence-corrected chi connectivity index (χ4v) is 6.13. The summed E-state index contributed by atoms with van der Waals surface area (Å²) >= 11 is 3.88. The van der Waals surface area contributed by atoms with Crippen LogP contribution in [0.5, 0.6) is 23.0 Å². The van der Waals surface area contributed by atoms with Gasteiger partial charge >= 0.3 is 0 Å². The molecule has 1 saturated heterocycles. The normalized spacial score (nSPS) is 13.6. The third-order valence-electron chi connectivity index (χ3n) is 4.78. The number of nitrogens with one attached hydrogen (secondary N) is 1. The summed E-state index contributed by atoms with van der Waals surface area (Å²) in [6.07, 6.45) is 0.687. The van der Waals surface area contributed by atoms with Crippen LogP contribution in [-0.4, -0.2) is 50.9 Å². The van der Waals surface area contributed by atoms with E-state index in [0.717, 1.165) is 17.1 Å². The predicted octanol–water partition coefficient (Wildman–Crippen LogP) is 4.71. The van der Waals surface area contributed by atoms with Gasteiger partial charge in [0.2, 0.25) is 0 Å². The first-order valence-corrected chi connectivity index (χ1v) is 12.9. The summed E-state index contributed by atoms with van der Waals surface area (Å²) in [5, 5.41) is 2.90. The Kier molecular flexibility index (Phi) is 9.74. The number of carbonyl (C=O) groups excluding carboxylic acids is 1. The minimum absolute atomic E-state index is 0.0594. The number of benzene rings is 2. The van der Waals surface area contributed by atoms with Gasteiger partial charge in [-0.3, -0.25) is 4.79 Å². The molecule has 0 aliphatic carbocycles. The summed E-state index contributed by atoms with van der Waals surface area (Å²) in [7, 11) is 1.62. The second-order valence-electron chi connectivity index (χ2n) is 7.02. The van der Waals surface area contributed by atoms with Crippen LogP contribution in [0, 0.1) is 0 Å². The van der Waals surface area contributed by atoms with Crippen molar-refractivity contribution in [1.82, 2.24) is 5.32 Å². The fourth-order valence-electron chi connectivity index (χ4n) is 3.29. The second-order valence-corrected chi connectivity index (χ2v) is 9.74. The molecule has 174 valence electrons. The molecule has 1 aliphatic heterocycles. The molecule has 6 nitrogen and oxygen atoms in total. The molecule has 8 heteroatoms. The Balaban J connectivity index is 1.47. The summed E-state index contributed by atoms with van der Waals surface area (Å²) in [5.74, 6) is 4.86. The molecule has 0 radical (unpaired) electrons. The third kappa shape index (κ3) is 6.90. The first-order valence-electron chi connectivity index (χ1n) is 10.8. The summed E-state index contributed by atoms with van der Waals surface area (Å²) in [6.45, 7) is 5.49. The predicted molar refractivity (Wildman–Crippen MR) is 132 cm³/mol. The molecule has 0 spiro atoms. The highest BCUT2D eigenvalue weighted by atomic mass is 32.2. The van der Waals surface area contributed by atoms with Crippen molar-refractivity contribution in [2.75, 3.05) is 45.0 Å². The monoisotopic (exact) mass is 477 g/mol. The first kappa shape index (κ1) is 24.5. The van der Waals surface area contributed by atoms with Gasteiger partial charge in [-0.15, -0.1) is 23.5 Å². The minimum Gasteiger partial charge on any atom is -0.493 e. The number of hydrogen-bond acceptors (Lipinski definition) is 7. The van der Waals surface area contributed by atoms with Crippen LogP contribution < -0.4 is 24.3 Å². The van der Waals surface area contributed by atoms with Crippen LogP contribution in [0.4, 0.5) is 0 Å². The quantitative estimate of drug-likeness (QED) is 0.475. The van der Waals surface area contributed by atoms with E-state index < -0.39 is 0 Å². The maximum atomic E-state index is 12.3. The highest BCUT2D eigenvalue weighted by molar-refractivity contribution is 8.19. The lowest BCUT2D eigenvalue weighted by molar-refractivity contribution is -0.123. The van der Waals surface area contributed by atoms with Gasteiger partial charge in [-0.05, 0) is 55.7 Å². The zero-order valence-corrected chi connectivity index (χ0v) is 20.5. The summed E-state index contributed by atoms with van der Waals surface area (Å²) in [5.41, 5.74) is 2.28. The zero-order chi connectivity index (χ0) is 22.8. The number of ether oxygens (including phenoxy) is 4. The Morgan fingerprint density at radius 1 is 0.938 bits per heavy atom. The van der Waals surface area contributed by atoms with Crippen molar-refractivity contribution in [3.63, 3.8) is 0 Å². The van der Waals surface area contributed by atoms with Crippen molar-refractivity contribution in [3.05, 3.63) is 47.5 Å². The molecule has 1 aliphatic rings. The van der Waals surface area contributed by atoms with Crippen molar-refractivity contribution in [1.29, 1.82) is 0 Å². The van der Waals surface area contributed by atoms with E-state index in [2.05, 4.69) is 5.32 Å². The Labute approximate surface area is 198 Å². The molecule has 32 heavy (non-hydrogen) atoms. The van der Waals surface area contributed by atoms with Crippen LogP contribution in [0.15, 0.2) is 36.4 Å². The van der Waals surface area contributed by atoms with Gasteiger partial charge in [0.1, 0.15) is 0 Å². The topological polar surface area (TPSA) is 66.0 Å². The van der Waals surface area contributed by atoms with Crippen molar-refractivity contribution < 1.29 is 23.7 Å². The zero-order valence-electron chi connectivity index (χ0n) is 18.8. The molecule has 0 atom stereocenters. The number of amides is 1. The minimum atomic E-state index is -0.172. The van der Waals surface area contributed by atoms with Gasteiger partial charge in [0.25, 0.3) is 5.91 Å². The van der Waals surface area contributed by atoms with Gasteiger partial charge in [-0.2, -0.15) is 0 Å². The van der Waals surface area contributed by atoms with Crippen molar-refractivity contribution in [2.24, 2.45) is 0 Å². The SMILES string of the molecule is CCOc1ccc(CCNC(=O)COc2ccc(C3SCCS3)cc2OC)cc1OCC. The standard InChI is InChI=1S/C24H31NO5S2/c1-4-28-20-8-6-17(14-22(20)29-5-2)10-11-25-23(26)16-30-19-9-7-18(15-21(19)27-3)24-31-12-13-32-24/h6-9,14-15,24H,4-5,10-13,16H2,1-3H3,(H,25,26). The smallest absolute Gasteiger partial charge is 0.257 e. The summed E-state index contributed by atoms with van der Waals surface area (Å²) in [6, 6.07) is 11.8. The Bertz CT molecular complexity index is 887. The average Bonchev–Trinajstić information content (AvgIpc) is 3.34. The van der Waals surface area contributed by atoms with Gasteiger partial charge < -0.3 is 24.3 Å². The lowest BCUT2D eigenvalue weighted by Crippen LogP contribution is -2.30. The lowest BCUT2D eigenvalue weighted by Gasteiger charge is -2.15. The number of rotatable bonds is 12. The van der Waals surface area contributed by atoms with E-state index >= 15 is 0 Å². The van der Waals surface area contributed by atoms with E-state index in [1.54, 1.807) is 7.11 Å². The molecule has 1 fully saturated rings. The summed E-state index contributed by atoms with van der Waals surface area (Å²) in [4.78, 5) is 12.3. The second kappa shape index (κ2) is 12.7. The number of carbonyl (C=O) groups is 1. The van der Waals surface area contributed by atoms with Gasteiger partial charge in [0, 0.05) is 18.1 Å². The van der Waals surface area contributed by atoms with Gasteiger partial charge in [0.15, 0.2) is 29.6 Å². The van der Waals surface area contributed by atoms with E-state index in [9.17, 15) is 4.79 Å². The third-order valence-corrected chi connectivity index (χ3v) is 7.89. The summed E-state index contributed by atoms with van der Waals surface area (Å²) < 4.78 is 22.9. The molecular formula is C24H31NO5S2. The van der Waals surface area contributed by atoms with Crippen LogP contribution in [-0.2, 0) is 11.2 Å². The number of methoxy groups -OCH3 is 1. The van der Waals surface area contributed by atoms with E-state index in [-0.39, 0.29) is 12.5 Å². The van der Waals surface area contributed by atoms with Crippen LogP contribution >= 0.6 is 23.5 Å². The Morgan fingerprint density at radius 2 is 1.62 bits per heavy atom. The van der Waals surface area contributed by atoms with E-state index in [1.165, 1.54) is 17.1 Å². The molecule has 0 unspecified atom stereocenters. The van der Waals surface area contributed by atoms with Crippen molar-refractivity contribution in [3.8, 4) is 23.0 Å². The molecule has 0 saturated carbocycles. The Hall–Kier alpha value is -2.19. The average molecular weight is 478 g/mol. The molecule has 2 aromatic carbocycles. The molecular weight excluding hydrogens is 446 g/mol. The largest absolute Gasteiger partial charge is 0.493 e. The highest BCUT2D eigenvalue weighted by Gasteiger charge is 2.20. The van der Waals surface area contributed by atoms with Crippen LogP contribution in [0.25, 0.3) is 0 Å². The fraction of sp³-hybridized carbons (Fsp3) is 0.458. The van der Waals surface area contributed by atoms with Crippen molar-refractivity contribution >= 4 is 29.4 Å². The highest BCUT2D eigenvalue weighted by Crippen LogP contribution is 2.46. The van der Waals surface area contributed by atoms with Crippen LogP contribution in [0.2, 0.25) is 0 Å². The van der Waals surface area contributed by atoms with E-state index in [0.29, 0.717) is 42.3 Å². The van der Waals surface area contributed by atoms with Gasteiger partial charge in [-0.1, -0.05) is 12.1 Å². The Morgan fingerprint density at radius 3 is 2.34 bits per heavy atom. The molecule has 1 heterocycles. The number of thioether (sulfide) groups is 2. The van der Waals surface area contributed by atoms with Gasteiger partial charge in [-0.25, -0.2) is 0 Å². The first-order chi connectivity index (χ1) is 15.6. The van der Waals surface area contributed by atoms with Crippen LogP contribution in [0.3, 0.4) is 0 Å². The molecule has 3 rings (SSSR count). The van der Waals surface area contributed by atoms with E-state index in [1.807, 2.05) is 73.8 Å². The van der Waals surface area contributed by atoms with E-state index in [4.69, 9.17) is 18.9 Å². The maximum absolute atomic E-state index is 12.3. The molecule has 0 bridgehead atoms. The van der Waals surface area contributed by atoms with Crippen LogP contribution in [0.1, 0.15) is 29.6 Å². The lowest BCUT2D eigenvalue weighted by atomic mass is 10.1. The molecule has 1 amide bonds. The molecule has 1 N–H and O–H groups in total.